The van der Waals surface area contributed by atoms with Crippen molar-refractivity contribution in [3.8, 4) is 0 Å². The second-order valence-corrected chi connectivity index (χ2v) is 7.30. The Hall–Kier alpha value is -2.42. The molecule has 1 fully saturated rings. The van der Waals surface area contributed by atoms with E-state index in [-0.39, 0.29) is 18.4 Å². The minimum atomic E-state index is -1.47. The van der Waals surface area contributed by atoms with Crippen LogP contribution in [0.2, 0.25) is 0 Å². The Morgan fingerprint density at radius 1 is 1.46 bits per heavy atom. The molecule has 1 saturated heterocycles. The van der Waals surface area contributed by atoms with Gasteiger partial charge in [0.25, 0.3) is 5.91 Å². The Balaban J connectivity index is 1.90. The number of anilines is 2. The van der Waals surface area contributed by atoms with Gasteiger partial charge in [-0.15, -0.1) is 0 Å². The van der Waals surface area contributed by atoms with Crippen molar-refractivity contribution in [3.63, 3.8) is 0 Å². The molecule has 9 heteroatoms. The van der Waals surface area contributed by atoms with Gasteiger partial charge in [-0.1, -0.05) is 0 Å². The summed E-state index contributed by atoms with van der Waals surface area (Å²) in [6.07, 6.45) is 2.69. The predicted molar refractivity (Wildman–Crippen MR) is 90.4 cm³/mol. The normalized spacial score (nSPS) is 21.9. The lowest BCUT2D eigenvalue weighted by Crippen LogP contribution is -2.60. The van der Waals surface area contributed by atoms with Crippen LogP contribution in [0.4, 0.5) is 11.8 Å². The van der Waals surface area contributed by atoms with Crippen LogP contribution in [0.25, 0.3) is 11.0 Å². The third kappa shape index (κ3) is 3.12. The van der Waals surface area contributed by atoms with E-state index in [0.717, 1.165) is 0 Å². The fourth-order valence-corrected chi connectivity index (χ4v) is 2.94. The van der Waals surface area contributed by atoms with Crippen molar-refractivity contribution in [3.05, 3.63) is 6.20 Å². The number of piperidine rings is 1. The van der Waals surface area contributed by atoms with Crippen molar-refractivity contribution in [1.29, 1.82) is 0 Å². The standard InChI is InChI=1S/C15H23N7O2/c1-14(2,3)20-12(23)15(24)5-4-6-22(8-15)11-9-7-17-21-10(9)18-13(16)19-11/h7,24H,4-6,8H2,1-3H3,(H,20,23)(H3,16,17,18,19,21). The molecule has 1 amide bonds. The minimum absolute atomic E-state index is 0.120. The van der Waals surface area contributed by atoms with Crippen molar-refractivity contribution < 1.29 is 9.90 Å². The lowest BCUT2D eigenvalue weighted by atomic mass is 9.90. The van der Waals surface area contributed by atoms with Crippen LogP contribution in [0.5, 0.6) is 0 Å². The van der Waals surface area contributed by atoms with Crippen LogP contribution in [0.15, 0.2) is 6.20 Å². The van der Waals surface area contributed by atoms with Gasteiger partial charge in [-0.05, 0) is 33.6 Å². The number of H-pyrrole nitrogens is 1. The van der Waals surface area contributed by atoms with Crippen LogP contribution in [0.3, 0.4) is 0 Å². The molecule has 0 aromatic carbocycles. The van der Waals surface area contributed by atoms with E-state index in [2.05, 4.69) is 25.5 Å². The van der Waals surface area contributed by atoms with Gasteiger partial charge in [0.05, 0.1) is 18.1 Å². The monoisotopic (exact) mass is 333 g/mol. The Morgan fingerprint density at radius 3 is 2.92 bits per heavy atom. The van der Waals surface area contributed by atoms with Crippen molar-refractivity contribution >= 4 is 28.7 Å². The van der Waals surface area contributed by atoms with E-state index in [1.807, 2.05) is 25.7 Å². The zero-order chi connectivity index (χ0) is 17.5. The number of aliphatic hydroxyl groups is 1. The topological polar surface area (TPSA) is 133 Å². The summed E-state index contributed by atoms with van der Waals surface area (Å²) in [6, 6.07) is 0. The van der Waals surface area contributed by atoms with Crippen LogP contribution in [-0.2, 0) is 4.79 Å². The zero-order valence-corrected chi connectivity index (χ0v) is 14.1. The maximum atomic E-state index is 12.5. The van der Waals surface area contributed by atoms with Gasteiger partial charge in [0.2, 0.25) is 5.95 Å². The molecule has 1 aliphatic rings. The zero-order valence-electron chi connectivity index (χ0n) is 14.1. The minimum Gasteiger partial charge on any atom is -0.378 e. The van der Waals surface area contributed by atoms with Crippen LogP contribution < -0.4 is 16.0 Å². The number of nitrogens with one attached hydrogen (secondary N) is 2. The summed E-state index contributed by atoms with van der Waals surface area (Å²) in [5.74, 6) is 0.327. The van der Waals surface area contributed by atoms with Crippen LogP contribution >= 0.6 is 0 Å². The number of aromatic amines is 1. The first-order chi connectivity index (χ1) is 11.2. The lowest BCUT2D eigenvalue weighted by Gasteiger charge is -2.40. The summed E-state index contributed by atoms with van der Waals surface area (Å²) >= 11 is 0. The molecule has 2 aromatic heterocycles. The SMILES string of the molecule is CC(C)(C)NC(=O)C1(O)CCCN(c2nc(N)nc3[nH]ncc23)C1. The number of amides is 1. The summed E-state index contributed by atoms with van der Waals surface area (Å²) < 4.78 is 0. The van der Waals surface area contributed by atoms with Gasteiger partial charge in [0.15, 0.2) is 11.2 Å². The molecular formula is C15H23N7O2. The quantitative estimate of drug-likeness (QED) is 0.616. The summed E-state index contributed by atoms with van der Waals surface area (Å²) in [7, 11) is 0. The number of β-amino-alcohol motifs (C(OH)–C–C–N with tert-alkyl or cyclic N) is 1. The Kier molecular flexibility index (Phi) is 3.83. The van der Waals surface area contributed by atoms with E-state index in [9.17, 15) is 9.90 Å². The fraction of sp³-hybridized carbons (Fsp3) is 0.600. The van der Waals surface area contributed by atoms with Gasteiger partial charge in [0.1, 0.15) is 5.82 Å². The summed E-state index contributed by atoms with van der Waals surface area (Å²) in [5, 5.41) is 21.2. The second kappa shape index (κ2) is 5.59. The number of aromatic nitrogens is 4. The molecule has 0 radical (unpaired) electrons. The highest BCUT2D eigenvalue weighted by Crippen LogP contribution is 2.30. The van der Waals surface area contributed by atoms with Gasteiger partial charge in [-0.25, -0.2) is 0 Å². The van der Waals surface area contributed by atoms with E-state index >= 15 is 0 Å². The number of hydrogen-bond donors (Lipinski definition) is 4. The van der Waals surface area contributed by atoms with Crippen molar-refractivity contribution in [2.45, 2.75) is 44.8 Å². The lowest BCUT2D eigenvalue weighted by molar-refractivity contribution is -0.142. The van der Waals surface area contributed by atoms with Gasteiger partial charge in [0, 0.05) is 12.1 Å². The number of rotatable bonds is 2. The third-order valence-corrected chi connectivity index (χ3v) is 3.99. The number of nitrogens with zero attached hydrogens (tertiary/aromatic N) is 4. The van der Waals surface area contributed by atoms with Crippen LogP contribution in [-0.4, -0.2) is 55.4 Å². The number of nitrogen functional groups attached to an aromatic ring is 1. The number of carbonyl (C=O) groups excluding carboxylic acids is 1. The molecule has 0 bridgehead atoms. The number of nitrogens with two attached hydrogens (primary N) is 1. The predicted octanol–water partition coefficient (Wildman–Crippen LogP) is 0.181. The smallest absolute Gasteiger partial charge is 0.254 e. The fourth-order valence-electron chi connectivity index (χ4n) is 2.94. The molecule has 1 unspecified atom stereocenters. The molecule has 2 aromatic rings. The molecule has 9 nitrogen and oxygen atoms in total. The molecule has 130 valence electrons. The van der Waals surface area contributed by atoms with E-state index in [4.69, 9.17) is 5.73 Å². The molecule has 0 spiro atoms. The van der Waals surface area contributed by atoms with Crippen molar-refractivity contribution in [2.75, 3.05) is 23.7 Å². The van der Waals surface area contributed by atoms with Crippen LogP contribution in [0, 0.1) is 0 Å². The molecule has 3 heterocycles. The van der Waals surface area contributed by atoms with Gasteiger partial charge < -0.3 is 21.1 Å². The van der Waals surface area contributed by atoms with E-state index < -0.39 is 11.1 Å². The first-order valence-electron chi connectivity index (χ1n) is 7.94. The molecule has 3 rings (SSSR count). The Labute approximate surface area is 139 Å². The molecule has 0 saturated carbocycles. The summed E-state index contributed by atoms with van der Waals surface area (Å²) in [4.78, 5) is 22.8. The highest BCUT2D eigenvalue weighted by atomic mass is 16.3. The maximum Gasteiger partial charge on any atom is 0.254 e. The van der Waals surface area contributed by atoms with E-state index in [1.54, 1.807) is 6.20 Å². The maximum absolute atomic E-state index is 12.5. The molecular weight excluding hydrogens is 310 g/mol. The Bertz CT molecular complexity index is 767. The molecule has 0 aliphatic carbocycles. The number of carbonyl (C=O) groups is 1. The van der Waals surface area contributed by atoms with Gasteiger partial charge in [-0.3, -0.25) is 9.89 Å². The summed E-state index contributed by atoms with van der Waals surface area (Å²) in [6.45, 7) is 6.46. The number of hydrogen-bond acceptors (Lipinski definition) is 7. The average molecular weight is 333 g/mol. The molecule has 1 atom stereocenters. The Morgan fingerprint density at radius 2 is 2.21 bits per heavy atom. The number of fused-ring (bicyclic) bond motifs is 1. The summed E-state index contributed by atoms with van der Waals surface area (Å²) in [5.41, 5.74) is 4.41. The van der Waals surface area contributed by atoms with Gasteiger partial charge >= 0.3 is 0 Å². The third-order valence-electron chi connectivity index (χ3n) is 3.99. The highest BCUT2D eigenvalue weighted by molar-refractivity contribution is 5.90. The molecule has 5 N–H and O–H groups in total. The highest BCUT2D eigenvalue weighted by Gasteiger charge is 2.42. The van der Waals surface area contributed by atoms with E-state index in [0.29, 0.717) is 36.2 Å². The van der Waals surface area contributed by atoms with Gasteiger partial charge in [-0.2, -0.15) is 15.1 Å². The molecule has 1 aliphatic heterocycles. The van der Waals surface area contributed by atoms with E-state index in [1.165, 1.54) is 0 Å². The first kappa shape index (κ1) is 16.4. The average Bonchev–Trinajstić information content (AvgIpc) is 2.92. The van der Waals surface area contributed by atoms with Crippen molar-refractivity contribution in [2.24, 2.45) is 0 Å². The first-order valence-corrected chi connectivity index (χ1v) is 7.94. The molecule has 24 heavy (non-hydrogen) atoms. The van der Waals surface area contributed by atoms with Crippen molar-refractivity contribution in [1.82, 2.24) is 25.5 Å². The second-order valence-electron chi connectivity index (χ2n) is 7.30. The largest absolute Gasteiger partial charge is 0.378 e. The van der Waals surface area contributed by atoms with Crippen LogP contribution in [0.1, 0.15) is 33.6 Å².